The molecule has 0 aromatic carbocycles. The molecular weight excluding hydrogens is 162 g/mol. The zero-order valence-corrected chi connectivity index (χ0v) is 9.33. The van der Waals surface area contributed by atoms with E-state index in [4.69, 9.17) is 0 Å². The van der Waals surface area contributed by atoms with Crippen LogP contribution in [0.2, 0.25) is 0 Å². The van der Waals surface area contributed by atoms with Crippen LogP contribution >= 0.6 is 0 Å². The van der Waals surface area contributed by atoms with E-state index in [1.165, 1.54) is 0 Å². The summed E-state index contributed by atoms with van der Waals surface area (Å²) in [7, 11) is 0. The topological polar surface area (TPSA) is 23.5 Å². The number of aliphatic hydroxyl groups is 1. The number of hydrogen-bond donors (Lipinski definition) is 1. The molecule has 1 heterocycles. The Morgan fingerprint density at radius 3 is 2.23 bits per heavy atom. The summed E-state index contributed by atoms with van der Waals surface area (Å²) >= 11 is 0. The van der Waals surface area contributed by atoms with Crippen LogP contribution < -0.4 is 0 Å². The highest BCUT2D eigenvalue weighted by Crippen LogP contribution is 2.25. The first-order valence-corrected chi connectivity index (χ1v) is 5.48. The van der Waals surface area contributed by atoms with Crippen LogP contribution in [0.3, 0.4) is 0 Å². The number of piperidine rings is 1. The van der Waals surface area contributed by atoms with E-state index in [1.54, 1.807) is 0 Å². The zero-order valence-electron chi connectivity index (χ0n) is 9.33. The second-order valence-electron chi connectivity index (χ2n) is 4.78. The molecule has 0 aliphatic carbocycles. The smallest absolute Gasteiger partial charge is 0.0698 e. The molecule has 1 aliphatic heterocycles. The normalized spacial score (nSPS) is 31.6. The van der Waals surface area contributed by atoms with Gasteiger partial charge in [0.25, 0.3) is 0 Å². The minimum absolute atomic E-state index is 0.115. The number of hydrogen-bond acceptors (Lipinski definition) is 2. The Hall–Kier alpha value is -0.0800. The summed E-state index contributed by atoms with van der Waals surface area (Å²) in [5, 5.41) is 9.92. The maximum Gasteiger partial charge on any atom is 0.0698 e. The van der Waals surface area contributed by atoms with E-state index >= 15 is 0 Å². The van der Waals surface area contributed by atoms with Crippen LogP contribution in [0, 0.1) is 5.92 Å². The molecule has 0 aromatic rings. The minimum Gasteiger partial charge on any atom is -0.391 e. The average Bonchev–Trinajstić information content (AvgIpc) is 2.02. The van der Waals surface area contributed by atoms with Crippen LogP contribution in [0.25, 0.3) is 0 Å². The van der Waals surface area contributed by atoms with Gasteiger partial charge in [0.1, 0.15) is 0 Å². The molecule has 1 N–H and O–H groups in total. The third kappa shape index (κ3) is 2.44. The van der Waals surface area contributed by atoms with Gasteiger partial charge < -0.3 is 5.11 Å². The summed E-state index contributed by atoms with van der Waals surface area (Å²) in [5.41, 5.74) is 0. The molecule has 0 spiro atoms. The SMILES string of the molecule is CC(C)C1C(O)CCCN1C(C)C. The van der Waals surface area contributed by atoms with E-state index in [1.807, 2.05) is 0 Å². The van der Waals surface area contributed by atoms with Gasteiger partial charge in [-0.25, -0.2) is 0 Å². The zero-order chi connectivity index (χ0) is 10.0. The van der Waals surface area contributed by atoms with Gasteiger partial charge in [0.05, 0.1) is 6.10 Å². The van der Waals surface area contributed by atoms with E-state index in [9.17, 15) is 5.11 Å². The van der Waals surface area contributed by atoms with Gasteiger partial charge in [0.2, 0.25) is 0 Å². The highest BCUT2D eigenvalue weighted by molar-refractivity contribution is 4.87. The van der Waals surface area contributed by atoms with Crippen molar-refractivity contribution in [1.82, 2.24) is 4.90 Å². The first-order valence-electron chi connectivity index (χ1n) is 5.48. The van der Waals surface area contributed by atoms with Crippen molar-refractivity contribution in [1.29, 1.82) is 0 Å². The molecule has 78 valence electrons. The Balaban J connectivity index is 2.68. The summed E-state index contributed by atoms with van der Waals surface area (Å²) < 4.78 is 0. The molecule has 1 fully saturated rings. The highest BCUT2D eigenvalue weighted by Gasteiger charge is 2.33. The van der Waals surface area contributed by atoms with Gasteiger partial charge in [-0.2, -0.15) is 0 Å². The van der Waals surface area contributed by atoms with Crippen molar-refractivity contribution in [3.63, 3.8) is 0 Å². The third-order valence-corrected chi connectivity index (χ3v) is 3.04. The number of rotatable bonds is 2. The molecule has 2 nitrogen and oxygen atoms in total. The molecule has 1 rings (SSSR count). The molecule has 0 bridgehead atoms. The van der Waals surface area contributed by atoms with Gasteiger partial charge in [-0.15, -0.1) is 0 Å². The fraction of sp³-hybridized carbons (Fsp3) is 1.00. The summed E-state index contributed by atoms with van der Waals surface area (Å²) in [6.45, 7) is 9.99. The number of likely N-dealkylation sites (tertiary alicyclic amines) is 1. The van der Waals surface area contributed by atoms with E-state index < -0.39 is 0 Å². The van der Waals surface area contributed by atoms with Gasteiger partial charge in [-0.05, 0) is 39.2 Å². The minimum atomic E-state index is -0.115. The largest absolute Gasteiger partial charge is 0.391 e. The number of aliphatic hydroxyl groups excluding tert-OH is 1. The average molecular weight is 185 g/mol. The molecule has 2 atom stereocenters. The van der Waals surface area contributed by atoms with Crippen molar-refractivity contribution in [3.8, 4) is 0 Å². The summed E-state index contributed by atoms with van der Waals surface area (Å²) in [6, 6.07) is 0.927. The Labute approximate surface area is 81.9 Å². The molecule has 0 radical (unpaired) electrons. The Kier molecular flexibility index (Phi) is 3.74. The lowest BCUT2D eigenvalue weighted by Crippen LogP contribution is -2.53. The maximum absolute atomic E-state index is 9.92. The van der Waals surface area contributed by atoms with Gasteiger partial charge in [0, 0.05) is 12.1 Å². The molecule has 0 aromatic heterocycles. The maximum atomic E-state index is 9.92. The van der Waals surface area contributed by atoms with Gasteiger partial charge in [0.15, 0.2) is 0 Å². The fourth-order valence-electron chi connectivity index (χ4n) is 2.45. The van der Waals surface area contributed by atoms with Crippen LogP contribution in [-0.4, -0.2) is 34.7 Å². The van der Waals surface area contributed by atoms with E-state index in [0.29, 0.717) is 18.0 Å². The predicted octanol–water partition coefficient (Wildman–Crippen LogP) is 1.88. The fourth-order valence-corrected chi connectivity index (χ4v) is 2.45. The lowest BCUT2D eigenvalue weighted by molar-refractivity contribution is -0.0262. The Morgan fingerprint density at radius 1 is 1.23 bits per heavy atom. The monoisotopic (exact) mass is 185 g/mol. The highest BCUT2D eigenvalue weighted by atomic mass is 16.3. The lowest BCUT2D eigenvalue weighted by atomic mass is 9.89. The van der Waals surface area contributed by atoms with Gasteiger partial charge in [-0.1, -0.05) is 13.8 Å². The molecule has 2 heteroatoms. The van der Waals surface area contributed by atoms with Crippen molar-refractivity contribution in [2.24, 2.45) is 5.92 Å². The lowest BCUT2D eigenvalue weighted by Gasteiger charge is -2.43. The molecule has 1 aliphatic rings. The standard InChI is InChI=1S/C11H23NO/c1-8(2)11-10(13)6-5-7-12(11)9(3)4/h8-11,13H,5-7H2,1-4H3. The molecular formula is C11H23NO. The molecule has 0 amide bonds. The predicted molar refractivity (Wildman–Crippen MR) is 55.7 cm³/mol. The molecule has 0 saturated carbocycles. The first-order chi connectivity index (χ1) is 6.04. The first kappa shape index (κ1) is 11.0. The van der Waals surface area contributed by atoms with Crippen molar-refractivity contribution in [3.05, 3.63) is 0 Å². The van der Waals surface area contributed by atoms with Crippen LogP contribution in [0.1, 0.15) is 40.5 Å². The summed E-state index contributed by atoms with van der Waals surface area (Å²) in [6.07, 6.45) is 2.00. The summed E-state index contributed by atoms with van der Waals surface area (Å²) in [4.78, 5) is 2.44. The van der Waals surface area contributed by atoms with Crippen molar-refractivity contribution in [2.45, 2.75) is 58.7 Å². The molecule has 1 saturated heterocycles. The van der Waals surface area contributed by atoms with Crippen molar-refractivity contribution < 1.29 is 5.11 Å². The van der Waals surface area contributed by atoms with E-state index in [-0.39, 0.29) is 6.10 Å². The second-order valence-corrected chi connectivity index (χ2v) is 4.78. The Morgan fingerprint density at radius 2 is 1.85 bits per heavy atom. The van der Waals surface area contributed by atoms with Gasteiger partial charge in [-0.3, -0.25) is 4.90 Å². The Bertz CT molecular complexity index is 156. The van der Waals surface area contributed by atoms with Gasteiger partial charge >= 0.3 is 0 Å². The molecule has 13 heavy (non-hydrogen) atoms. The molecule has 2 unspecified atom stereocenters. The second kappa shape index (κ2) is 4.43. The van der Waals surface area contributed by atoms with Crippen molar-refractivity contribution in [2.75, 3.05) is 6.54 Å². The third-order valence-electron chi connectivity index (χ3n) is 3.04. The van der Waals surface area contributed by atoms with Crippen LogP contribution in [0.15, 0.2) is 0 Å². The van der Waals surface area contributed by atoms with Crippen molar-refractivity contribution >= 4 is 0 Å². The van der Waals surface area contributed by atoms with E-state index in [0.717, 1.165) is 19.4 Å². The van der Waals surface area contributed by atoms with Crippen LogP contribution in [0.5, 0.6) is 0 Å². The quantitative estimate of drug-likeness (QED) is 0.710. The van der Waals surface area contributed by atoms with Crippen LogP contribution in [-0.2, 0) is 0 Å². The summed E-state index contributed by atoms with van der Waals surface area (Å²) in [5.74, 6) is 0.553. The van der Waals surface area contributed by atoms with E-state index in [2.05, 4.69) is 32.6 Å². The van der Waals surface area contributed by atoms with Crippen LogP contribution in [0.4, 0.5) is 0 Å². The number of nitrogens with zero attached hydrogens (tertiary/aromatic N) is 1.